The smallest absolute Gasteiger partial charge is 0.227 e. The number of amides is 2. The zero-order valence-corrected chi connectivity index (χ0v) is 14.8. The van der Waals surface area contributed by atoms with Gasteiger partial charge in [-0.15, -0.1) is 0 Å². The number of carbonyl (C=O) groups excluding carboxylic acids is 2. The molecule has 1 aromatic carbocycles. The lowest BCUT2D eigenvalue weighted by Crippen LogP contribution is -2.50. The van der Waals surface area contributed by atoms with Crippen molar-refractivity contribution in [3.05, 3.63) is 35.4 Å². The lowest BCUT2D eigenvalue weighted by atomic mass is 9.96. The minimum atomic E-state index is 0.147. The normalized spacial score (nSPS) is 24.2. The second kappa shape index (κ2) is 7.37. The number of hydrogen-bond acceptors (Lipinski definition) is 2. The van der Waals surface area contributed by atoms with Crippen LogP contribution in [0, 0.1) is 6.92 Å². The summed E-state index contributed by atoms with van der Waals surface area (Å²) in [7, 11) is 0. The van der Waals surface area contributed by atoms with E-state index in [0.717, 1.165) is 50.8 Å². The van der Waals surface area contributed by atoms with Crippen LogP contribution in [0.1, 0.15) is 50.2 Å². The third-order valence-corrected chi connectivity index (χ3v) is 5.51. The zero-order chi connectivity index (χ0) is 17.1. The van der Waals surface area contributed by atoms with E-state index in [1.54, 1.807) is 6.92 Å². The topological polar surface area (TPSA) is 40.6 Å². The summed E-state index contributed by atoms with van der Waals surface area (Å²) in [5.74, 6) is 0.357. The Morgan fingerprint density at radius 1 is 0.958 bits per heavy atom. The molecule has 0 unspecified atom stereocenters. The molecule has 0 N–H and O–H groups in total. The van der Waals surface area contributed by atoms with Gasteiger partial charge in [-0.25, -0.2) is 0 Å². The van der Waals surface area contributed by atoms with Crippen LogP contribution < -0.4 is 0 Å². The van der Waals surface area contributed by atoms with Crippen molar-refractivity contribution in [2.45, 2.75) is 64.5 Å². The molecule has 0 saturated carbocycles. The highest BCUT2D eigenvalue weighted by molar-refractivity contribution is 5.80. The van der Waals surface area contributed by atoms with Crippen LogP contribution in [0.15, 0.2) is 24.3 Å². The summed E-state index contributed by atoms with van der Waals surface area (Å²) >= 11 is 0. The van der Waals surface area contributed by atoms with Gasteiger partial charge in [0.05, 0.1) is 18.5 Å². The molecule has 2 saturated heterocycles. The second-order valence-electron chi connectivity index (χ2n) is 7.23. The van der Waals surface area contributed by atoms with Gasteiger partial charge in [0.2, 0.25) is 11.8 Å². The fraction of sp³-hybridized carbons (Fsp3) is 0.600. The number of fused-ring (bicyclic) bond motifs is 1. The van der Waals surface area contributed by atoms with E-state index in [9.17, 15) is 9.59 Å². The molecule has 0 spiro atoms. The van der Waals surface area contributed by atoms with Crippen LogP contribution in [0.5, 0.6) is 0 Å². The molecule has 130 valence electrons. The van der Waals surface area contributed by atoms with Gasteiger partial charge in [0.25, 0.3) is 0 Å². The van der Waals surface area contributed by atoms with Gasteiger partial charge in [-0.2, -0.15) is 0 Å². The van der Waals surface area contributed by atoms with E-state index in [-0.39, 0.29) is 23.9 Å². The highest BCUT2D eigenvalue weighted by Crippen LogP contribution is 2.30. The maximum absolute atomic E-state index is 13.0. The quantitative estimate of drug-likeness (QED) is 0.837. The molecule has 3 rings (SSSR count). The van der Waals surface area contributed by atoms with Crippen molar-refractivity contribution in [2.24, 2.45) is 0 Å². The van der Waals surface area contributed by atoms with E-state index in [1.165, 1.54) is 5.56 Å². The number of carbonyl (C=O) groups is 2. The lowest BCUT2D eigenvalue weighted by molar-refractivity contribution is -0.136. The lowest BCUT2D eigenvalue weighted by Gasteiger charge is -2.37. The van der Waals surface area contributed by atoms with E-state index < -0.39 is 0 Å². The zero-order valence-electron chi connectivity index (χ0n) is 14.8. The number of rotatable bonds is 2. The van der Waals surface area contributed by atoms with Crippen LogP contribution in [-0.2, 0) is 16.0 Å². The number of benzene rings is 1. The van der Waals surface area contributed by atoms with E-state index in [1.807, 2.05) is 17.0 Å². The summed E-state index contributed by atoms with van der Waals surface area (Å²) in [4.78, 5) is 28.9. The van der Waals surface area contributed by atoms with Gasteiger partial charge < -0.3 is 9.80 Å². The molecule has 0 radical (unpaired) electrons. The van der Waals surface area contributed by atoms with Crippen LogP contribution in [0.4, 0.5) is 0 Å². The predicted octanol–water partition coefficient (Wildman–Crippen LogP) is 2.93. The van der Waals surface area contributed by atoms with Crippen molar-refractivity contribution in [3.63, 3.8) is 0 Å². The second-order valence-corrected chi connectivity index (χ2v) is 7.23. The van der Waals surface area contributed by atoms with Crippen LogP contribution >= 0.6 is 0 Å². The Morgan fingerprint density at radius 3 is 2.38 bits per heavy atom. The minimum absolute atomic E-state index is 0.147. The van der Waals surface area contributed by atoms with Crippen LogP contribution in [-0.4, -0.2) is 46.8 Å². The standard InChI is InChI=1S/C20H28N2O2/c1-15-7-9-17(10-8-15)14-20(24)22-12-5-3-4-6-18-19(22)11-13-21(18)16(2)23/h7-10,18-19H,3-6,11-14H2,1-2H3/t18-,19+/m1/s1. The maximum atomic E-state index is 13.0. The van der Waals surface area contributed by atoms with Gasteiger partial charge in [0.1, 0.15) is 0 Å². The number of hydrogen-bond donors (Lipinski definition) is 0. The fourth-order valence-corrected chi connectivity index (χ4v) is 4.21. The Hall–Kier alpha value is -1.84. The van der Waals surface area contributed by atoms with Gasteiger partial charge in [-0.3, -0.25) is 9.59 Å². The Balaban J connectivity index is 1.75. The van der Waals surface area contributed by atoms with Gasteiger partial charge in [0.15, 0.2) is 0 Å². The maximum Gasteiger partial charge on any atom is 0.227 e. The first-order valence-electron chi connectivity index (χ1n) is 9.18. The van der Waals surface area contributed by atoms with Gasteiger partial charge in [0, 0.05) is 20.0 Å². The first-order chi connectivity index (χ1) is 11.6. The molecule has 2 atom stereocenters. The molecule has 2 amide bonds. The Kier molecular flexibility index (Phi) is 5.22. The Morgan fingerprint density at radius 2 is 1.67 bits per heavy atom. The molecule has 0 aromatic heterocycles. The van der Waals surface area contributed by atoms with E-state index in [4.69, 9.17) is 0 Å². The first-order valence-corrected chi connectivity index (χ1v) is 9.18. The average molecular weight is 328 g/mol. The molecule has 1 aromatic rings. The molecule has 0 aliphatic carbocycles. The Labute approximate surface area is 144 Å². The number of likely N-dealkylation sites (tertiary alicyclic amines) is 2. The minimum Gasteiger partial charge on any atom is -0.338 e. The predicted molar refractivity (Wildman–Crippen MR) is 94.6 cm³/mol. The van der Waals surface area contributed by atoms with Crippen molar-refractivity contribution < 1.29 is 9.59 Å². The number of nitrogens with zero attached hydrogens (tertiary/aromatic N) is 2. The van der Waals surface area contributed by atoms with E-state index in [2.05, 4.69) is 24.0 Å². The third-order valence-electron chi connectivity index (χ3n) is 5.51. The molecule has 4 nitrogen and oxygen atoms in total. The largest absolute Gasteiger partial charge is 0.338 e. The van der Waals surface area contributed by atoms with Crippen molar-refractivity contribution >= 4 is 11.8 Å². The summed E-state index contributed by atoms with van der Waals surface area (Å²) in [6, 6.07) is 8.63. The summed E-state index contributed by atoms with van der Waals surface area (Å²) < 4.78 is 0. The summed E-state index contributed by atoms with van der Waals surface area (Å²) in [6.07, 6.45) is 5.78. The molecule has 2 aliphatic heterocycles. The molecule has 2 fully saturated rings. The molecule has 24 heavy (non-hydrogen) atoms. The van der Waals surface area contributed by atoms with Crippen molar-refractivity contribution in [1.29, 1.82) is 0 Å². The van der Waals surface area contributed by atoms with Crippen LogP contribution in [0.3, 0.4) is 0 Å². The average Bonchev–Trinajstić information content (AvgIpc) is 2.92. The molecule has 4 heteroatoms. The van der Waals surface area contributed by atoms with Crippen LogP contribution in [0.2, 0.25) is 0 Å². The summed E-state index contributed by atoms with van der Waals surface area (Å²) in [6.45, 7) is 5.33. The highest BCUT2D eigenvalue weighted by atomic mass is 16.2. The van der Waals surface area contributed by atoms with Crippen molar-refractivity contribution in [1.82, 2.24) is 9.80 Å². The van der Waals surface area contributed by atoms with Crippen LogP contribution in [0.25, 0.3) is 0 Å². The first kappa shape index (κ1) is 17.0. The van der Waals surface area contributed by atoms with E-state index in [0.29, 0.717) is 6.42 Å². The van der Waals surface area contributed by atoms with Crippen molar-refractivity contribution in [2.75, 3.05) is 13.1 Å². The summed E-state index contributed by atoms with van der Waals surface area (Å²) in [5, 5.41) is 0. The van der Waals surface area contributed by atoms with Crippen molar-refractivity contribution in [3.8, 4) is 0 Å². The van der Waals surface area contributed by atoms with Gasteiger partial charge >= 0.3 is 0 Å². The fourth-order valence-electron chi connectivity index (χ4n) is 4.21. The SMILES string of the molecule is CC(=O)N1CC[C@H]2[C@H]1CCCCCN2C(=O)Cc1ccc(C)cc1. The highest BCUT2D eigenvalue weighted by Gasteiger charge is 2.40. The number of aryl methyl sites for hydroxylation is 1. The molecular weight excluding hydrogens is 300 g/mol. The third kappa shape index (κ3) is 3.63. The monoisotopic (exact) mass is 328 g/mol. The summed E-state index contributed by atoms with van der Waals surface area (Å²) in [5.41, 5.74) is 2.29. The van der Waals surface area contributed by atoms with Gasteiger partial charge in [-0.05, 0) is 31.7 Å². The van der Waals surface area contributed by atoms with E-state index >= 15 is 0 Å². The molecule has 2 heterocycles. The molecule has 0 bridgehead atoms. The van der Waals surface area contributed by atoms with Gasteiger partial charge in [-0.1, -0.05) is 42.7 Å². The Bertz CT molecular complexity index is 596. The molecule has 2 aliphatic rings. The molecular formula is C20H28N2O2.